The third-order valence-electron chi connectivity index (χ3n) is 3.73. The van der Waals surface area contributed by atoms with Gasteiger partial charge in [-0.1, -0.05) is 41.9 Å². The van der Waals surface area contributed by atoms with E-state index in [9.17, 15) is 14.7 Å². The van der Waals surface area contributed by atoms with Crippen molar-refractivity contribution in [3.63, 3.8) is 0 Å². The molecule has 25 heavy (non-hydrogen) atoms. The summed E-state index contributed by atoms with van der Waals surface area (Å²) in [4.78, 5) is 25.7. The molecule has 2 aromatic carbocycles. The van der Waals surface area contributed by atoms with Gasteiger partial charge >= 0.3 is 6.03 Å². The zero-order valence-electron chi connectivity index (χ0n) is 13.3. The maximum absolute atomic E-state index is 12.5. The molecule has 2 aromatic rings. The molecular weight excluding hydrogens is 344 g/mol. The molecular formula is C18H15ClN2O4. The molecule has 0 unspecified atom stereocenters. The van der Waals surface area contributed by atoms with Crippen LogP contribution >= 0.6 is 11.6 Å². The highest BCUT2D eigenvalue weighted by Gasteiger charge is 2.33. The number of rotatable bonds is 4. The average molecular weight is 359 g/mol. The van der Waals surface area contributed by atoms with Crippen molar-refractivity contribution in [2.45, 2.75) is 6.54 Å². The van der Waals surface area contributed by atoms with Crippen LogP contribution in [0.1, 0.15) is 11.1 Å². The van der Waals surface area contributed by atoms with Gasteiger partial charge in [0.1, 0.15) is 5.70 Å². The number of methoxy groups -OCH3 is 1. The van der Waals surface area contributed by atoms with E-state index in [4.69, 9.17) is 16.3 Å². The number of nitrogens with zero attached hydrogens (tertiary/aromatic N) is 1. The van der Waals surface area contributed by atoms with Crippen LogP contribution in [0, 0.1) is 0 Å². The Labute approximate surface area is 149 Å². The molecule has 1 fully saturated rings. The summed E-state index contributed by atoms with van der Waals surface area (Å²) >= 11 is 5.98. The SMILES string of the molecule is COc1cc(Cl)cc(/C=C2/NC(=O)N(Cc3ccccc3)C2=O)c1O. The fraction of sp³-hybridized carbons (Fsp3) is 0.111. The Morgan fingerprint density at radius 2 is 1.96 bits per heavy atom. The molecule has 128 valence electrons. The van der Waals surface area contributed by atoms with E-state index in [0.717, 1.165) is 10.5 Å². The summed E-state index contributed by atoms with van der Waals surface area (Å²) < 4.78 is 5.03. The summed E-state index contributed by atoms with van der Waals surface area (Å²) in [7, 11) is 1.40. The van der Waals surface area contributed by atoms with Gasteiger partial charge in [0, 0.05) is 16.7 Å². The number of hydrogen-bond donors (Lipinski definition) is 2. The van der Waals surface area contributed by atoms with Crippen LogP contribution in [-0.2, 0) is 11.3 Å². The maximum atomic E-state index is 12.5. The Kier molecular flexibility index (Phi) is 4.63. The van der Waals surface area contributed by atoms with E-state index in [1.165, 1.54) is 25.3 Å². The molecule has 1 heterocycles. The predicted octanol–water partition coefficient (Wildman–Crippen LogP) is 3.15. The first kappa shape index (κ1) is 16.9. The highest BCUT2D eigenvalue weighted by Crippen LogP contribution is 2.35. The summed E-state index contributed by atoms with van der Waals surface area (Å²) in [6.07, 6.45) is 1.37. The minimum atomic E-state index is -0.520. The van der Waals surface area contributed by atoms with Crippen LogP contribution in [0.25, 0.3) is 6.08 Å². The zero-order chi connectivity index (χ0) is 18.0. The fourth-order valence-corrected chi connectivity index (χ4v) is 2.71. The number of ether oxygens (including phenoxy) is 1. The van der Waals surface area contributed by atoms with Crippen LogP contribution in [0.3, 0.4) is 0 Å². The second kappa shape index (κ2) is 6.86. The van der Waals surface area contributed by atoms with Gasteiger partial charge in [-0.15, -0.1) is 0 Å². The van der Waals surface area contributed by atoms with Gasteiger partial charge in [-0.05, 0) is 17.7 Å². The number of phenols is 1. The molecule has 0 aromatic heterocycles. The second-order valence-electron chi connectivity index (χ2n) is 5.41. The standard InChI is InChI=1S/C18H15ClN2O4/c1-25-15-9-13(19)7-12(16(15)22)8-14-17(23)21(18(24)20-14)10-11-5-3-2-4-6-11/h2-9,22H,10H2,1H3,(H,20,24)/b14-8+. The van der Waals surface area contributed by atoms with E-state index in [0.29, 0.717) is 5.02 Å². The Balaban J connectivity index is 1.89. The second-order valence-corrected chi connectivity index (χ2v) is 5.85. The first-order chi connectivity index (χ1) is 12.0. The summed E-state index contributed by atoms with van der Waals surface area (Å²) in [6, 6.07) is 11.6. The first-order valence-electron chi connectivity index (χ1n) is 7.44. The van der Waals surface area contributed by atoms with Crippen LogP contribution in [0.2, 0.25) is 5.02 Å². The maximum Gasteiger partial charge on any atom is 0.329 e. The van der Waals surface area contributed by atoms with Crippen molar-refractivity contribution >= 4 is 29.6 Å². The van der Waals surface area contributed by atoms with Crippen LogP contribution in [0.4, 0.5) is 4.79 Å². The third-order valence-corrected chi connectivity index (χ3v) is 3.95. The lowest BCUT2D eigenvalue weighted by atomic mass is 10.1. The fourth-order valence-electron chi connectivity index (χ4n) is 2.50. The molecule has 3 amide bonds. The minimum absolute atomic E-state index is 0.0561. The summed E-state index contributed by atoms with van der Waals surface area (Å²) in [5.41, 5.74) is 1.16. The zero-order valence-corrected chi connectivity index (χ0v) is 14.1. The van der Waals surface area contributed by atoms with Gasteiger partial charge in [-0.25, -0.2) is 4.79 Å². The normalized spacial score (nSPS) is 15.6. The Morgan fingerprint density at radius 3 is 2.64 bits per heavy atom. The topological polar surface area (TPSA) is 78.9 Å². The molecule has 0 spiro atoms. The molecule has 0 bridgehead atoms. The summed E-state index contributed by atoms with van der Waals surface area (Å²) in [5, 5.41) is 13.0. The van der Waals surface area contributed by atoms with Crippen molar-refractivity contribution in [1.29, 1.82) is 0 Å². The molecule has 0 radical (unpaired) electrons. The number of nitrogens with one attached hydrogen (secondary N) is 1. The number of carbonyl (C=O) groups is 2. The quantitative estimate of drug-likeness (QED) is 0.650. The largest absolute Gasteiger partial charge is 0.504 e. The summed E-state index contributed by atoms with van der Waals surface area (Å²) in [5.74, 6) is -0.465. The summed E-state index contributed by atoms with van der Waals surface area (Å²) in [6.45, 7) is 0.160. The Morgan fingerprint density at radius 1 is 1.24 bits per heavy atom. The molecule has 0 atom stereocenters. The number of urea groups is 1. The molecule has 1 saturated heterocycles. The lowest BCUT2D eigenvalue weighted by Crippen LogP contribution is -2.30. The van der Waals surface area contributed by atoms with Crippen LogP contribution in [0.5, 0.6) is 11.5 Å². The van der Waals surface area contributed by atoms with Crippen molar-refractivity contribution in [1.82, 2.24) is 10.2 Å². The van der Waals surface area contributed by atoms with E-state index in [-0.39, 0.29) is 29.3 Å². The number of amides is 3. The highest BCUT2D eigenvalue weighted by molar-refractivity contribution is 6.31. The van der Waals surface area contributed by atoms with E-state index < -0.39 is 11.9 Å². The van der Waals surface area contributed by atoms with E-state index in [1.807, 2.05) is 30.3 Å². The number of halogens is 1. The van der Waals surface area contributed by atoms with E-state index >= 15 is 0 Å². The van der Waals surface area contributed by atoms with E-state index in [1.54, 1.807) is 0 Å². The Hall–Kier alpha value is -2.99. The number of phenolic OH excluding ortho intramolecular Hbond substituents is 1. The van der Waals surface area contributed by atoms with Crippen molar-refractivity contribution < 1.29 is 19.4 Å². The minimum Gasteiger partial charge on any atom is -0.504 e. The lowest BCUT2D eigenvalue weighted by Gasteiger charge is -2.11. The number of aromatic hydroxyl groups is 1. The molecule has 7 heteroatoms. The monoisotopic (exact) mass is 358 g/mol. The molecule has 1 aliphatic heterocycles. The third kappa shape index (κ3) is 3.44. The van der Waals surface area contributed by atoms with E-state index in [2.05, 4.69) is 5.32 Å². The van der Waals surface area contributed by atoms with Crippen LogP contribution in [-0.4, -0.2) is 29.1 Å². The molecule has 2 N–H and O–H groups in total. The molecule has 0 saturated carbocycles. The highest BCUT2D eigenvalue weighted by atomic mass is 35.5. The van der Waals surface area contributed by atoms with Gasteiger partial charge in [0.15, 0.2) is 11.5 Å². The Bertz CT molecular complexity index is 865. The smallest absolute Gasteiger partial charge is 0.329 e. The van der Waals surface area contributed by atoms with Crippen molar-refractivity contribution in [2.24, 2.45) is 0 Å². The van der Waals surface area contributed by atoms with Gasteiger partial charge in [-0.3, -0.25) is 9.69 Å². The van der Waals surface area contributed by atoms with Gasteiger partial charge in [0.25, 0.3) is 5.91 Å². The number of imide groups is 1. The number of carbonyl (C=O) groups excluding carboxylic acids is 2. The van der Waals surface area contributed by atoms with Gasteiger partial charge in [0.05, 0.1) is 13.7 Å². The van der Waals surface area contributed by atoms with Gasteiger partial charge in [-0.2, -0.15) is 0 Å². The van der Waals surface area contributed by atoms with Crippen molar-refractivity contribution in [3.8, 4) is 11.5 Å². The number of benzene rings is 2. The van der Waals surface area contributed by atoms with Gasteiger partial charge in [0.2, 0.25) is 0 Å². The molecule has 0 aliphatic carbocycles. The lowest BCUT2D eigenvalue weighted by molar-refractivity contribution is -0.123. The molecule has 3 rings (SSSR count). The molecule has 6 nitrogen and oxygen atoms in total. The first-order valence-corrected chi connectivity index (χ1v) is 7.82. The van der Waals surface area contributed by atoms with Crippen LogP contribution in [0.15, 0.2) is 48.2 Å². The number of hydrogen-bond acceptors (Lipinski definition) is 4. The van der Waals surface area contributed by atoms with Crippen molar-refractivity contribution in [3.05, 3.63) is 64.3 Å². The van der Waals surface area contributed by atoms with Crippen LogP contribution < -0.4 is 10.1 Å². The average Bonchev–Trinajstić information content (AvgIpc) is 2.86. The van der Waals surface area contributed by atoms with Crippen molar-refractivity contribution in [2.75, 3.05) is 7.11 Å². The predicted molar refractivity (Wildman–Crippen MR) is 93.2 cm³/mol. The van der Waals surface area contributed by atoms with Gasteiger partial charge < -0.3 is 15.2 Å². The molecule has 1 aliphatic rings.